The van der Waals surface area contributed by atoms with Crippen LogP contribution in [0.2, 0.25) is 0 Å². The van der Waals surface area contributed by atoms with Gasteiger partial charge in [-0.15, -0.1) is 0 Å². The third-order valence-corrected chi connectivity index (χ3v) is 5.96. The van der Waals surface area contributed by atoms with Gasteiger partial charge in [-0.1, -0.05) is 12.1 Å². The minimum absolute atomic E-state index is 0.153. The van der Waals surface area contributed by atoms with Crippen LogP contribution in [0.15, 0.2) is 59.3 Å². The summed E-state index contributed by atoms with van der Waals surface area (Å²) in [4.78, 5) is 14.7. The van der Waals surface area contributed by atoms with Gasteiger partial charge in [0.25, 0.3) is 0 Å². The normalized spacial score (nSPS) is 16.2. The first kappa shape index (κ1) is 22.0. The SMILES string of the molecule is COc1cc(C2=CCC(C(=O)C(OC)c3ccc(-n4nccn4)cc3)O2)cc(OC)c1Br. The number of benzene rings is 2. The van der Waals surface area contributed by atoms with Crippen molar-refractivity contribution in [2.24, 2.45) is 0 Å². The summed E-state index contributed by atoms with van der Waals surface area (Å²) in [6.45, 7) is 0. The maximum atomic E-state index is 13.2. The van der Waals surface area contributed by atoms with E-state index in [0.717, 1.165) is 16.8 Å². The number of methoxy groups -OCH3 is 3. The Morgan fingerprint density at radius 1 is 1.09 bits per heavy atom. The Morgan fingerprint density at radius 3 is 2.28 bits per heavy atom. The van der Waals surface area contributed by atoms with Crippen LogP contribution >= 0.6 is 15.9 Å². The van der Waals surface area contributed by atoms with Crippen LogP contribution in [0.5, 0.6) is 11.5 Å². The molecule has 0 saturated heterocycles. The fourth-order valence-electron chi connectivity index (χ4n) is 3.55. The van der Waals surface area contributed by atoms with E-state index in [-0.39, 0.29) is 5.78 Å². The second-order valence-electron chi connectivity index (χ2n) is 7.03. The van der Waals surface area contributed by atoms with Gasteiger partial charge in [-0.2, -0.15) is 15.0 Å². The molecule has 1 aliphatic heterocycles. The lowest BCUT2D eigenvalue weighted by molar-refractivity contribution is -0.136. The zero-order chi connectivity index (χ0) is 22.7. The number of halogens is 1. The Kier molecular flexibility index (Phi) is 6.57. The van der Waals surface area contributed by atoms with Gasteiger partial charge in [0, 0.05) is 19.1 Å². The Balaban J connectivity index is 1.50. The van der Waals surface area contributed by atoms with Crippen molar-refractivity contribution in [3.8, 4) is 17.2 Å². The third-order valence-electron chi connectivity index (χ3n) is 5.17. The number of ketones is 1. The number of ether oxygens (including phenoxy) is 4. The monoisotopic (exact) mass is 499 g/mol. The Hall–Kier alpha value is -3.17. The Bertz CT molecular complexity index is 1100. The van der Waals surface area contributed by atoms with Crippen LogP contribution in [0, 0.1) is 0 Å². The summed E-state index contributed by atoms with van der Waals surface area (Å²) >= 11 is 3.46. The van der Waals surface area contributed by atoms with Gasteiger partial charge < -0.3 is 18.9 Å². The van der Waals surface area contributed by atoms with Gasteiger partial charge in [-0.3, -0.25) is 4.79 Å². The van der Waals surface area contributed by atoms with Crippen molar-refractivity contribution in [1.29, 1.82) is 0 Å². The molecule has 0 aliphatic carbocycles. The van der Waals surface area contributed by atoms with E-state index in [1.165, 1.54) is 11.9 Å². The summed E-state index contributed by atoms with van der Waals surface area (Å²) in [5, 5.41) is 8.21. The molecule has 1 aromatic heterocycles. The number of hydrogen-bond donors (Lipinski definition) is 0. The first-order chi connectivity index (χ1) is 15.5. The molecule has 0 fully saturated rings. The molecular formula is C23H22BrN3O5. The van der Waals surface area contributed by atoms with Gasteiger partial charge in [0.15, 0.2) is 6.10 Å². The molecule has 0 amide bonds. The van der Waals surface area contributed by atoms with Crippen LogP contribution in [0.1, 0.15) is 23.7 Å². The molecule has 0 bridgehead atoms. The number of carbonyl (C=O) groups is 1. The van der Waals surface area contributed by atoms with Crippen molar-refractivity contribution >= 4 is 27.5 Å². The lowest BCUT2D eigenvalue weighted by Gasteiger charge is -2.20. The fraction of sp³-hybridized carbons (Fsp3) is 0.261. The van der Waals surface area contributed by atoms with Gasteiger partial charge in [-0.05, 0) is 51.8 Å². The summed E-state index contributed by atoms with van der Waals surface area (Å²) < 4.78 is 23.1. The molecule has 2 atom stereocenters. The van der Waals surface area contributed by atoms with Crippen molar-refractivity contribution < 1.29 is 23.7 Å². The van der Waals surface area contributed by atoms with E-state index in [2.05, 4.69) is 26.1 Å². The van der Waals surface area contributed by atoms with Crippen molar-refractivity contribution in [1.82, 2.24) is 15.0 Å². The number of rotatable bonds is 8. The highest BCUT2D eigenvalue weighted by Crippen LogP contribution is 2.39. The average Bonchev–Trinajstić information content (AvgIpc) is 3.53. The van der Waals surface area contributed by atoms with E-state index in [1.807, 2.05) is 42.5 Å². The highest BCUT2D eigenvalue weighted by atomic mass is 79.9. The molecule has 2 aromatic carbocycles. The van der Waals surface area contributed by atoms with Gasteiger partial charge in [0.1, 0.15) is 27.8 Å². The fourth-order valence-corrected chi connectivity index (χ4v) is 4.10. The smallest absolute Gasteiger partial charge is 0.206 e. The summed E-state index contributed by atoms with van der Waals surface area (Å²) in [5.41, 5.74) is 2.29. The van der Waals surface area contributed by atoms with Crippen molar-refractivity contribution in [3.63, 3.8) is 0 Å². The van der Waals surface area contributed by atoms with E-state index in [0.29, 0.717) is 28.2 Å². The second-order valence-corrected chi connectivity index (χ2v) is 7.83. The summed E-state index contributed by atoms with van der Waals surface area (Å²) in [6.07, 6.45) is 4.15. The van der Waals surface area contributed by atoms with Gasteiger partial charge in [0.05, 0.1) is 32.3 Å². The standard InChI is InChI=1S/C23H22BrN3O5/c1-29-19-12-15(13-20(30-2)21(19)24)17-8-9-18(32-17)22(28)23(31-3)14-4-6-16(7-5-14)27-25-10-11-26-27/h4-8,10-13,18,23H,9H2,1-3H3. The molecule has 3 aromatic rings. The minimum atomic E-state index is -0.749. The molecule has 0 spiro atoms. The highest BCUT2D eigenvalue weighted by molar-refractivity contribution is 9.10. The molecule has 0 N–H and O–H groups in total. The third kappa shape index (κ3) is 4.26. The average molecular weight is 500 g/mol. The summed E-state index contributed by atoms with van der Waals surface area (Å²) in [7, 11) is 4.67. The quantitative estimate of drug-likeness (QED) is 0.460. The zero-order valence-corrected chi connectivity index (χ0v) is 19.4. The predicted octanol–water partition coefficient (Wildman–Crippen LogP) is 4.13. The van der Waals surface area contributed by atoms with Gasteiger partial charge in [-0.25, -0.2) is 0 Å². The molecule has 9 heteroatoms. The molecular weight excluding hydrogens is 478 g/mol. The van der Waals surface area contributed by atoms with E-state index in [4.69, 9.17) is 18.9 Å². The van der Waals surface area contributed by atoms with Crippen LogP contribution < -0.4 is 9.47 Å². The molecule has 1 aliphatic rings. The highest BCUT2D eigenvalue weighted by Gasteiger charge is 2.33. The molecule has 166 valence electrons. The largest absolute Gasteiger partial charge is 0.495 e. The number of aromatic nitrogens is 3. The molecule has 2 unspecified atom stereocenters. The van der Waals surface area contributed by atoms with E-state index in [1.54, 1.807) is 26.6 Å². The molecule has 2 heterocycles. The first-order valence-electron chi connectivity index (χ1n) is 9.87. The van der Waals surface area contributed by atoms with E-state index < -0.39 is 12.2 Å². The topological polar surface area (TPSA) is 84.7 Å². The maximum Gasteiger partial charge on any atom is 0.206 e. The first-order valence-corrected chi connectivity index (χ1v) is 10.7. The van der Waals surface area contributed by atoms with Crippen molar-refractivity contribution in [2.75, 3.05) is 21.3 Å². The van der Waals surface area contributed by atoms with Crippen LogP contribution in [0.25, 0.3) is 11.4 Å². The molecule has 0 radical (unpaired) electrons. The van der Waals surface area contributed by atoms with Crippen LogP contribution in [-0.4, -0.2) is 48.2 Å². The van der Waals surface area contributed by atoms with Gasteiger partial charge >= 0.3 is 0 Å². The Labute approximate surface area is 193 Å². The van der Waals surface area contributed by atoms with Crippen LogP contribution in [0.4, 0.5) is 0 Å². The Morgan fingerprint density at radius 2 is 1.72 bits per heavy atom. The molecule has 8 nitrogen and oxygen atoms in total. The van der Waals surface area contributed by atoms with Crippen molar-refractivity contribution in [2.45, 2.75) is 18.6 Å². The molecule has 0 saturated carbocycles. The number of nitrogens with zero attached hydrogens (tertiary/aromatic N) is 3. The van der Waals surface area contributed by atoms with E-state index in [9.17, 15) is 4.79 Å². The summed E-state index contributed by atoms with van der Waals surface area (Å²) in [6, 6.07) is 11.0. The predicted molar refractivity (Wildman–Crippen MR) is 121 cm³/mol. The van der Waals surface area contributed by atoms with Gasteiger partial charge in [0.2, 0.25) is 5.78 Å². The van der Waals surface area contributed by atoms with Crippen LogP contribution in [0.3, 0.4) is 0 Å². The number of hydrogen-bond acceptors (Lipinski definition) is 7. The van der Waals surface area contributed by atoms with Crippen LogP contribution in [-0.2, 0) is 14.3 Å². The number of Topliss-reactive ketones (excluding diaryl/α,β-unsaturated/α-hetero) is 1. The second kappa shape index (κ2) is 9.54. The molecule has 32 heavy (non-hydrogen) atoms. The maximum absolute atomic E-state index is 13.2. The minimum Gasteiger partial charge on any atom is -0.495 e. The van der Waals surface area contributed by atoms with E-state index >= 15 is 0 Å². The molecule has 4 rings (SSSR count). The lowest BCUT2D eigenvalue weighted by atomic mass is 10.0. The summed E-state index contributed by atoms with van der Waals surface area (Å²) in [5.74, 6) is 1.67. The lowest BCUT2D eigenvalue weighted by Crippen LogP contribution is -2.27. The van der Waals surface area contributed by atoms with Crippen molar-refractivity contribution in [3.05, 3.63) is 70.5 Å². The number of carbonyl (C=O) groups excluding carboxylic acids is 1. The zero-order valence-electron chi connectivity index (χ0n) is 17.8.